The SMILES string of the molecule is Cc1c(CN2CCC(O)(c3cccc(C(F)(F)F)c3)CC2)cnn1C. The first-order valence-corrected chi connectivity index (χ1v) is 8.29. The van der Waals surface area contributed by atoms with Crippen molar-refractivity contribution in [1.29, 1.82) is 0 Å². The highest BCUT2D eigenvalue weighted by Crippen LogP contribution is 2.37. The fourth-order valence-electron chi connectivity index (χ4n) is 3.30. The highest BCUT2D eigenvalue weighted by molar-refractivity contribution is 5.30. The van der Waals surface area contributed by atoms with Crippen LogP contribution >= 0.6 is 0 Å². The molecular weight excluding hydrogens is 331 g/mol. The monoisotopic (exact) mass is 353 g/mol. The van der Waals surface area contributed by atoms with Crippen molar-refractivity contribution in [2.45, 2.75) is 38.1 Å². The maximum Gasteiger partial charge on any atom is 0.416 e. The highest BCUT2D eigenvalue weighted by atomic mass is 19.4. The molecule has 1 aliphatic heterocycles. The number of aromatic nitrogens is 2. The Morgan fingerprint density at radius 3 is 2.48 bits per heavy atom. The standard InChI is InChI=1S/C18H22F3N3O/c1-13-14(11-22-23(13)2)12-24-8-6-17(25,7-9-24)15-4-3-5-16(10-15)18(19,20)21/h3-5,10-11,25H,6-9,12H2,1-2H3. The lowest BCUT2D eigenvalue weighted by molar-refractivity contribution is -0.137. The summed E-state index contributed by atoms with van der Waals surface area (Å²) in [7, 11) is 1.89. The number of nitrogens with zero attached hydrogens (tertiary/aromatic N) is 3. The van der Waals surface area contributed by atoms with Crippen LogP contribution in [-0.4, -0.2) is 32.9 Å². The molecule has 2 aromatic rings. The zero-order valence-electron chi connectivity index (χ0n) is 14.3. The number of rotatable bonds is 3. The molecule has 0 saturated carbocycles. The Morgan fingerprint density at radius 1 is 1.24 bits per heavy atom. The van der Waals surface area contributed by atoms with Crippen LogP contribution in [0.15, 0.2) is 30.5 Å². The number of hydrogen-bond acceptors (Lipinski definition) is 3. The van der Waals surface area contributed by atoms with Gasteiger partial charge in [0, 0.05) is 37.9 Å². The Kier molecular flexibility index (Phi) is 4.64. The molecule has 1 aliphatic rings. The number of aliphatic hydroxyl groups is 1. The Hall–Kier alpha value is -1.86. The minimum atomic E-state index is -4.40. The number of aryl methyl sites for hydroxylation is 1. The Morgan fingerprint density at radius 2 is 1.92 bits per heavy atom. The third kappa shape index (κ3) is 3.72. The molecule has 1 aromatic heterocycles. The predicted octanol–water partition coefficient (Wildman–Crippen LogP) is 3.23. The van der Waals surface area contributed by atoms with E-state index in [-0.39, 0.29) is 0 Å². The van der Waals surface area contributed by atoms with Crippen molar-refractivity contribution >= 4 is 0 Å². The molecule has 0 spiro atoms. The maximum atomic E-state index is 12.9. The third-order valence-electron chi connectivity index (χ3n) is 5.14. The molecule has 1 fully saturated rings. The van der Waals surface area contributed by atoms with E-state index in [1.54, 1.807) is 6.07 Å². The molecule has 0 unspecified atom stereocenters. The van der Waals surface area contributed by atoms with Crippen molar-refractivity contribution in [2.24, 2.45) is 7.05 Å². The molecule has 7 heteroatoms. The van der Waals surface area contributed by atoms with Crippen LogP contribution in [0.1, 0.15) is 35.2 Å². The van der Waals surface area contributed by atoms with E-state index in [0.717, 1.165) is 29.9 Å². The van der Waals surface area contributed by atoms with Crippen LogP contribution in [0.25, 0.3) is 0 Å². The Balaban J connectivity index is 1.69. The van der Waals surface area contributed by atoms with E-state index in [1.807, 2.05) is 24.9 Å². The number of piperidine rings is 1. The van der Waals surface area contributed by atoms with E-state index < -0.39 is 17.3 Å². The molecular formula is C18H22F3N3O. The van der Waals surface area contributed by atoms with Gasteiger partial charge in [-0.2, -0.15) is 18.3 Å². The van der Waals surface area contributed by atoms with Crippen LogP contribution in [0.4, 0.5) is 13.2 Å². The summed E-state index contributed by atoms with van der Waals surface area (Å²) in [6.07, 6.45) is -1.74. The first-order valence-electron chi connectivity index (χ1n) is 8.29. The van der Waals surface area contributed by atoms with Crippen molar-refractivity contribution in [3.63, 3.8) is 0 Å². The lowest BCUT2D eigenvalue weighted by atomic mass is 9.83. The van der Waals surface area contributed by atoms with E-state index in [2.05, 4.69) is 10.00 Å². The molecule has 0 atom stereocenters. The van der Waals surface area contributed by atoms with Gasteiger partial charge in [0.05, 0.1) is 17.4 Å². The van der Waals surface area contributed by atoms with Crippen molar-refractivity contribution < 1.29 is 18.3 Å². The number of alkyl halides is 3. The fraction of sp³-hybridized carbons (Fsp3) is 0.500. The van der Waals surface area contributed by atoms with Gasteiger partial charge in [0.25, 0.3) is 0 Å². The van der Waals surface area contributed by atoms with Gasteiger partial charge in [-0.1, -0.05) is 12.1 Å². The summed E-state index contributed by atoms with van der Waals surface area (Å²) in [6.45, 7) is 3.99. The van der Waals surface area contributed by atoms with Gasteiger partial charge in [-0.3, -0.25) is 9.58 Å². The molecule has 136 valence electrons. The zero-order chi connectivity index (χ0) is 18.2. The van der Waals surface area contributed by atoms with E-state index in [1.165, 1.54) is 6.07 Å². The van der Waals surface area contributed by atoms with Gasteiger partial charge >= 0.3 is 6.18 Å². The molecule has 1 aromatic carbocycles. The summed E-state index contributed by atoms with van der Waals surface area (Å²) >= 11 is 0. The number of likely N-dealkylation sites (tertiary alicyclic amines) is 1. The Bertz CT molecular complexity index is 746. The molecule has 0 radical (unpaired) electrons. The van der Waals surface area contributed by atoms with Crippen LogP contribution in [0, 0.1) is 6.92 Å². The predicted molar refractivity (Wildman–Crippen MR) is 87.8 cm³/mol. The third-order valence-corrected chi connectivity index (χ3v) is 5.14. The first kappa shape index (κ1) is 17.9. The second kappa shape index (κ2) is 6.46. The van der Waals surface area contributed by atoms with Gasteiger partial charge in [-0.05, 0) is 37.5 Å². The van der Waals surface area contributed by atoms with E-state index in [4.69, 9.17) is 0 Å². The Labute approximate surface area is 144 Å². The molecule has 1 N–H and O–H groups in total. The van der Waals surface area contributed by atoms with E-state index >= 15 is 0 Å². The zero-order valence-corrected chi connectivity index (χ0v) is 14.3. The molecule has 25 heavy (non-hydrogen) atoms. The number of hydrogen-bond donors (Lipinski definition) is 1. The normalized spacial score (nSPS) is 18.5. The average molecular weight is 353 g/mol. The summed E-state index contributed by atoms with van der Waals surface area (Å²) in [4.78, 5) is 2.20. The van der Waals surface area contributed by atoms with Gasteiger partial charge < -0.3 is 5.11 Å². The largest absolute Gasteiger partial charge is 0.416 e. The molecule has 0 aliphatic carbocycles. The van der Waals surface area contributed by atoms with Crippen molar-refractivity contribution in [1.82, 2.24) is 14.7 Å². The van der Waals surface area contributed by atoms with Crippen LogP contribution in [0.2, 0.25) is 0 Å². The van der Waals surface area contributed by atoms with Crippen LogP contribution in [0.3, 0.4) is 0 Å². The lowest BCUT2D eigenvalue weighted by Gasteiger charge is -2.38. The van der Waals surface area contributed by atoms with E-state index in [9.17, 15) is 18.3 Å². The second-order valence-corrected chi connectivity index (χ2v) is 6.77. The summed E-state index contributed by atoms with van der Waals surface area (Å²) < 4.78 is 40.5. The molecule has 0 amide bonds. The molecule has 2 heterocycles. The van der Waals surface area contributed by atoms with E-state index in [0.29, 0.717) is 31.5 Å². The molecule has 0 bridgehead atoms. The summed E-state index contributed by atoms with van der Waals surface area (Å²) in [6, 6.07) is 5.05. The van der Waals surface area contributed by atoms with Gasteiger partial charge in [0.2, 0.25) is 0 Å². The summed E-state index contributed by atoms with van der Waals surface area (Å²) in [5, 5.41) is 15.1. The summed E-state index contributed by atoms with van der Waals surface area (Å²) in [5.41, 5.74) is 0.652. The van der Waals surface area contributed by atoms with Gasteiger partial charge in [0.1, 0.15) is 0 Å². The van der Waals surface area contributed by atoms with Crippen LogP contribution < -0.4 is 0 Å². The maximum absolute atomic E-state index is 12.9. The van der Waals surface area contributed by atoms with Crippen molar-refractivity contribution in [3.05, 3.63) is 52.8 Å². The van der Waals surface area contributed by atoms with Crippen LogP contribution in [0.5, 0.6) is 0 Å². The average Bonchev–Trinajstić information content (AvgIpc) is 2.88. The molecule has 1 saturated heterocycles. The smallest absolute Gasteiger partial charge is 0.385 e. The minimum Gasteiger partial charge on any atom is -0.385 e. The van der Waals surface area contributed by atoms with Crippen LogP contribution in [-0.2, 0) is 25.4 Å². The molecule has 4 nitrogen and oxygen atoms in total. The van der Waals surface area contributed by atoms with Gasteiger partial charge in [0.15, 0.2) is 0 Å². The van der Waals surface area contributed by atoms with Crippen molar-refractivity contribution in [2.75, 3.05) is 13.1 Å². The van der Waals surface area contributed by atoms with Gasteiger partial charge in [-0.15, -0.1) is 0 Å². The second-order valence-electron chi connectivity index (χ2n) is 6.77. The lowest BCUT2D eigenvalue weighted by Crippen LogP contribution is -2.42. The first-order chi connectivity index (χ1) is 11.7. The minimum absolute atomic E-state index is 0.347. The quantitative estimate of drug-likeness (QED) is 0.921. The molecule has 3 rings (SSSR count). The topological polar surface area (TPSA) is 41.3 Å². The summed E-state index contributed by atoms with van der Waals surface area (Å²) in [5.74, 6) is 0. The number of halogens is 3. The number of benzene rings is 1. The highest BCUT2D eigenvalue weighted by Gasteiger charge is 2.37. The van der Waals surface area contributed by atoms with Gasteiger partial charge in [-0.25, -0.2) is 0 Å². The fourth-order valence-corrected chi connectivity index (χ4v) is 3.30. The van der Waals surface area contributed by atoms with Crippen molar-refractivity contribution in [3.8, 4) is 0 Å².